The topological polar surface area (TPSA) is 53.5 Å². The molecule has 0 unspecified atom stereocenters. The minimum absolute atomic E-state index is 0.0482. The third kappa shape index (κ3) is 3.34. The Labute approximate surface area is 173 Å². The number of benzene rings is 4. The molecule has 1 aliphatic rings. The van der Waals surface area contributed by atoms with Crippen molar-refractivity contribution in [2.24, 2.45) is 4.99 Å². The molecule has 0 fully saturated rings. The lowest BCUT2D eigenvalue weighted by molar-refractivity contribution is -0.115. The zero-order valence-electron chi connectivity index (χ0n) is 15.8. The van der Waals surface area contributed by atoms with Crippen LogP contribution in [0.5, 0.6) is 0 Å². The quantitative estimate of drug-likeness (QED) is 0.435. The Morgan fingerprint density at radius 2 is 1.66 bits per heavy atom. The van der Waals surface area contributed by atoms with E-state index in [1.807, 2.05) is 73.7 Å². The van der Waals surface area contributed by atoms with Gasteiger partial charge in [-0.3, -0.25) is 4.79 Å². The molecule has 2 N–H and O–H groups in total. The number of thioether (sulfide) groups is 1. The highest BCUT2D eigenvalue weighted by atomic mass is 32.2. The second-order valence-electron chi connectivity index (χ2n) is 7.00. The summed E-state index contributed by atoms with van der Waals surface area (Å²) in [5.41, 5.74) is 2.78. The highest BCUT2D eigenvalue weighted by Gasteiger charge is 2.21. The number of aliphatic imine (C=N–C) groups is 1. The standard InChI is InChI=1S/C24H19N3OS/c1-15(23(28)25-19-12-4-8-16-7-2-3-11-18(16)19)29-24-26-20-13-5-9-17-10-6-14-21(27-24)22(17)20/h2-15H,1H3,(H,25,28)(H,26,27)/t15-/m0/s1. The van der Waals surface area contributed by atoms with Crippen LogP contribution in [0.25, 0.3) is 21.5 Å². The van der Waals surface area contributed by atoms with Gasteiger partial charge in [-0.15, -0.1) is 0 Å². The van der Waals surface area contributed by atoms with Crippen LogP contribution in [0.4, 0.5) is 17.1 Å². The van der Waals surface area contributed by atoms with Gasteiger partial charge in [0, 0.05) is 16.5 Å². The number of amides is 1. The third-order valence-electron chi connectivity index (χ3n) is 5.05. The second kappa shape index (κ2) is 7.26. The van der Waals surface area contributed by atoms with Crippen molar-refractivity contribution in [2.75, 3.05) is 10.6 Å². The van der Waals surface area contributed by atoms with Crippen LogP contribution in [-0.2, 0) is 4.79 Å². The fraction of sp³-hybridized carbons (Fsp3) is 0.0833. The maximum atomic E-state index is 12.9. The number of rotatable bonds is 3. The van der Waals surface area contributed by atoms with Crippen LogP contribution in [0.2, 0.25) is 0 Å². The lowest BCUT2D eigenvalue weighted by Gasteiger charge is -2.20. The zero-order valence-corrected chi connectivity index (χ0v) is 16.7. The van der Waals surface area contributed by atoms with Crippen molar-refractivity contribution in [3.8, 4) is 0 Å². The lowest BCUT2D eigenvalue weighted by atomic mass is 10.1. The van der Waals surface area contributed by atoms with E-state index in [1.165, 1.54) is 11.8 Å². The predicted molar refractivity (Wildman–Crippen MR) is 124 cm³/mol. The Morgan fingerprint density at radius 3 is 2.55 bits per heavy atom. The molecule has 0 saturated carbocycles. The number of carbonyl (C=O) groups is 1. The summed E-state index contributed by atoms with van der Waals surface area (Å²) in [4.78, 5) is 17.6. The molecule has 1 amide bonds. The maximum absolute atomic E-state index is 12.9. The first-order chi connectivity index (χ1) is 14.2. The molecule has 4 aromatic rings. The second-order valence-corrected chi connectivity index (χ2v) is 8.33. The molecule has 4 aromatic carbocycles. The van der Waals surface area contributed by atoms with Gasteiger partial charge in [-0.2, -0.15) is 0 Å². The molecule has 29 heavy (non-hydrogen) atoms. The van der Waals surface area contributed by atoms with E-state index in [9.17, 15) is 4.79 Å². The van der Waals surface area contributed by atoms with Gasteiger partial charge in [0.2, 0.25) is 5.91 Å². The van der Waals surface area contributed by atoms with Crippen molar-refractivity contribution >= 4 is 61.4 Å². The molecule has 0 aromatic heterocycles. The van der Waals surface area contributed by atoms with Crippen molar-refractivity contribution in [1.29, 1.82) is 0 Å². The number of hydrogen-bond donors (Lipinski definition) is 2. The van der Waals surface area contributed by atoms with Gasteiger partial charge in [0.05, 0.1) is 16.6 Å². The van der Waals surface area contributed by atoms with Crippen molar-refractivity contribution in [3.63, 3.8) is 0 Å². The number of nitrogens with zero attached hydrogens (tertiary/aromatic N) is 1. The van der Waals surface area contributed by atoms with E-state index in [2.05, 4.69) is 22.8 Å². The summed E-state index contributed by atoms with van der Waals surface area (Å²) in [5, 5.41) is 11.3. The summed E-state index contributed by atoms with van der Waals surface area (Å²) in [6.07, 6.45) is 0. The number of nitrogens with one attached hydrogen (secondary N) is 2. The number of hydrogen-bond acceptors (Lipinski definition) is 4. The van der Waals surface area contributed by atoms with Crippen LogP contribution in [-0.4, -0.2) is 16.3 Å². The van der Waals surface area contributed by atoms with Crippen LogP contribution >= 0.6 is 11.8 Å². The van der Waals surface area contributed by atoms with Crippen LogP contribution in [0.3, 0.4) is 0 Å². The lowest BCUT2D eigenvalue weighted by Crippen LogP contribution is -2.26. The van der Waals surface area contributed by atoms with E-state index in [1.54, 1.807) is 0 Å². The van der Waals surface area contributed by atoms with Crippen molar-refractivity contribution < 1.29 is 4.79 Å². The van der Waals surface area contributed by atoms with Gasteiger partial charge in [0.25, 0.3) is 0 Å². The van der Waals surface area contributed by atoms with E-state index < -0.39 is 0 Å². The Kier molecular flexibility index (Phi) is 4.45. The van der Waals surface area contributed by atoms with E-state index in [-0.39, 0.29) is 11.2 Å². The Balaban J connectivity index is 1.36. The average Bonchev–Trinajstić information content (AvgIpc) is 2.74. The average molecular weight is 398 g/mol. The van der Waals surface area contributed by atoms with Crippen molar-refractivity contribution in [1.82, 2.24) is 0 Å². The van der Waals surface area contributed by atoms with E-state index >= 15 is 0 Å². The first kappa shape index (κ1) is 17.8. The molecular formula is C24H19N3OS. The summed E-state index contributed by atoms with van der Waals surface area (Å²) in [7, 11) is 0. The van der Waals surface area contributed by atoms with Crippen LogP contribution in [0, 0.1) is 0 Å². The SMILES string of the molecule is C[C@H](SC1=Nc2cccc3cccc(c23)N1)C(=O)Nc1cccc2ccccc12. The number of fused-ring (bicyclic) bond motifs is 1. The smallest absolute Gasteiger partial charge is 0.237 e. The summed E-state index contributed by atoms with van der Waals surface area (Å²) >= 11 is 1.43. The van der Waals surface area contributed by atoms with Gasteiger partial charge >= 0.3 is 0 Å². The first-order valence-corrected chi connectivity index (χ1v) is 10.4. The maximum Gasteiger partial charge on any atom is 0.237 e. The van der Waals surface area contributed by atoms with E-state index in [0.717, 1.165) is 43.8 Å². The molecule has 142 valence electrons. The van der Waals surface area contributed by atoms with Gasteiger partial charge in [0.15, 0.2) is 5.17 Å². The Hall–Kier alpha value is -3.31. The Bertz CT molecular complexity index is 1270. The molecule has 0 bridgehead atoms. The molecular weight excluding hydrogens is 378 g/mol. The molecule has 5 heteroatoms. The minimum Gasteiger partial charge on any atom is -0.334 e. The van der Waals surface area contributed by atoms with E-state index in [4.69, 9.17) is 4.99 Å². The fourth-order valence-electron chi connectivity index (χ4n) is 3.62. The molecule has 0 aliphatic carbocycles. The van der Waals surface area contributed by atoms with Gasteiger partial charge in [-0.25, -0.2) is 4.99 Å². The van der Waals surface area contributed by atoms with Crippen LogP contribution in [0.15, 0.2) is 83.9 Å². The largest absolute Gasteiger partial charge is 0.334 e. The van der Waals surface area contributed by atoms with Crippen molar-refractivity contribution in [3.05, 3.63) is 78.9 Å². The van der Waals surface area contributed by atoms with Gasteiger partial charge in [-0.1, -0.05) is 72.4 Å². The highest BCUT2D eigenvalue weighted by Crippen LogP contribution is 2.37. The minimum atomic E-state index is -0.301. The summed E-state index contributed by atoms with van der Waals surface area (Å²) in [6, 6.07) is 26.2. The highest BCUT2D eigenvalue weighted by molar-refractivity contribution is 8.15. The molecule has 0 spiro atoms. The zero-order chi connectivity index (χ0) is 19.8. The van der Waals surface area contributed by atoms with Gasteiger partial charge in [-0.05, 0) is 35.9 Å². The van der Waals surface area contributed by atoms with Crippen molar-refractivity contribution in [2.45, 2.75) is 12.2 Å². The monoisotopic (exact) mass is 397 g/mol. The number of carbonyl (C=O) groups excluding carboxylic acids is 1. The molecule has 1 aliphatic heterocycles. The summed E-state index contributed by atoms with van der Waals surface area (Å²) in [5.74, 6) is -0.0482. The van der Waals surface area contributed by atoms with E-state index in [0.29, 0.717) is 0 Å². The molecule has 1 heterocycles. The van der Waals surface area contributed by atoms with Crippen LogP contribution < -0.4 is 10.6 Å². The molecule has 1 atom stereocenters. The normalized spacial score (nSPS) is 13.6. The predicted octanol–water partition coefficient (Wildman–Crippen LogP) is 6.17. The fourth-order valence-corrected chi connectivity index (χ4v) is 4.44. The Morgan fingerprint density at radius 1 is 0.931 bits per heavy atom. The number of anilines is 2. The molecule has 0 radical (unpaired) electrons. The third-order valence-corrected chi connectivity index (χ3v) is 6.04. The van der Waals surface area contributed by atoms with Crippen LogP contribution in [0.1, 0.15) is 6.92 Å². The first-order valence-electron chi connectivity index (χ1n) is 9.52. The summed E-state index contributed by atoms with van der Waals surface area (Å²) in [6.45, 7) is 1.90. The summed E-state index contributed by atoms with van der Waals surface area (Å²) < 4.78 is 0. The molecule has 0 saturated heterocycles. The molecule has 5 rings (SSSR count). The molecule has 4 nitrogen and oxygen atoms in total. The number of amidine groups is 1. The van der Waals surface area contributed by atoms with Gasteiger partial charge < -0.3 is 10.6 Å². The van der Waals surface area contributed by atoms with Gasteiger partial charge in [0.1, 0.15) is 0 Å².